The summed E-state index contributed by atoms with van der Waals surface area (Å²) >= 11 is 0. The number of rotatable bonds is 9. The molecule has 0 aliphatic carbocycles. The fraction of sp³-hybridized carbons (Fsp3) is 0.250. The van der Waals surface area contributed by atoms with Crippen LogP contribution in [0.3, 0.4) is 0 Å². The van der Waals surface area contributed by atoms with Gasteiger partial charge in [0.05, 0.1) is 28.2 Å². The van der Waals surface area contributed by atoms with Crippen LogP contribution in [0.1, 0.15) is 22.3 Å². The third kappa shape index (κ3) is 8.80. The molecule has 0 unspecified atom stereocenters. The molecule has 0 bridgehead atoms. The minimum atomic E-state index is 0. The highest BCUT2D eigenvalue weighted by Gasteiger charge is 2.18. The first-order chi connectivity index (χ1) is 16.3. The number of halogens is 2. The van der Waals surface area contributed by atoms with Gasteiger partial charge in [0.15, 0.2) is 0 Å². The molecule has 2 nitrogen and oxygen atoms in total. The number of nitrogens with zero attached hydrogens (tertiary/aromatic N) is 2. The Morgan fingerprint density at radius 1 is 0.361 bits per heavy atom. The van der Waals surface area contributed by atoms with E-state index in [9.17, 15) is 0 Å². The van der Waals surface area contributed by atoms with Gasteiger partial charge in [0.2, 0.25) is 0 Å². The first kappa shape index (κ1) is 29.6. The lowest BCUT2D eigenvalue weighted by Gasteiger charge is -2.30. The van der Waals surface area contributed by atoms with Crippen molar-refractivity contribution in [2.24, 2.45) is 0 Å². The van der Waals surface area contributed by atoms with Gasteiger partial charge >= 0.3 is 0 Å². The molecular weight excluding hydrogens is 483 g/mol. The third-order valence-electron chi connectivity index (χ3n) is 6.37. The molecule has 0 heterocycles. The lowest BCUT2D eigenvalue weighted by atomic mass is 10.0. The average molecular weight is 522 g/mol. The van der Waals surface area contributed by atoms with E-state index in [2.05, 4.69) is 137 Å². The van der Waals surface area contributed by atoms with Crippen LogP contribution in [-0.2, 0) is 26.2 Å². The van der Waals surface area contributed by atoms with Crippen molar-refractivity contribution in [3.8, 4) is 11.1 Å². The number of benzene rings is 4. The van der Waals surface area contributed by atoms with Crippen molar-refractivity contribution in [1.82, 2.24) is 0 Å². The zero-order chi connectivity index (χ0) is 24.0. The Balaban J connectivity index is 0.00000228. The second-order valence-electron chi connectivity index (χ2n) is 10.9. The van der Waals surface area contributed by atoms with E-state index < -0.39 is 0 Å². The predicted molar refractivity (Wildman–Crippen MR) is 144 cm³/mol. The maximum atomic E-state index is 2.30. The Bertz CT molecular complexity index is 1070. The van der Waals surface area contributed by atoms with Gasteiger partial charge < -0.3 is 33.8 Å². The van der Waals surface area contributed by atoms with Gasteiger partial charge in [0.1, 0.15) is 26.2 Å². The smallest absolute Gasteiger partial charge is 0.104 e. The van der Waals surface area contributed by atoms with Crippen molar-refractivity contribution in [1.29, 1.82) is 0 Å². The first-order valence-electron chi connectivity index (χ1n) is 12.2. The Hall–Kier alpha value is -2.62. The van der Waals surface area contributed by atoms with E-state index in [1.54, 1.807) is 0 Å². The lowest BCUT2D eigenvalue weighted by molar-refractivity contribution is -0.916. The van der Waals surface area contributed by atoms with E-state index in [1.807, 2.05) is 0 Å². The van der Waals surface area contributed by atoms with Crippen LogP contribution in [0.15, 0.2) is 109 Å². The van der Waals surface area contributed by atoms with E-state index in [4.69, 9.17) is 0 Å². The average Bonchev–Trinajstić information content (AvgIpc) is 2.80. The van der Waals surface area contributed by atoms with Gasteiger partial charge in [-0.2, -0.15) is 0 Å². The molecular formula is C32H38Cl2N2. The third-order valence-corrected chi connectivity index (χ3v) is 6.37. The zero-order valence-corrected chi connectivity index (χ0v) is 23.4. The molecule has 190 valence electrons. The number of hydrogen-bond acceptors (Lipinski definition) is 0. The fourth-order valence-corrected chi connectivity index (χ4v) is 4.86. The van der Waals surface area contributed by atoms with Crippen LogP contribution in [0.4, 0.5) is 0 Å². The fourth-order valence-electron chi connectivity index (χ4n) is 4.86. The van der Waals surface area contributed by atoms with Crippen LogP contribution in [-0.4, -0.2) is 37.2 Å². The maximum absolute atomic E-state index is 2.30. The summed E-state index contributed by atoms with van der Waals surface area (Å²) in [5, 5.41) is 0. The lowest BCUT2D eigenvalue weighted by Crippen LogP contribution is -3.00. The van der Waals surface area contributed by atoms with E-state index in [0.717, 1.165) is 35.1 Å². The van der Waals surface area contributed by atoms with Gasteiger partial charge in [0.25, 0.3) is 0 Å². The molecule has 0 aromatic heterocycles. The van der Waals surface area contributed by atoms with Gasteiger partial charge in [-0.1, -0.05) is 109 Å². The molecule has 0 aliphatic heterocycles. The molecule has 4 aromatic carbocycles. The number of hydrogen-bond donors (Lipinski definition) is 0. The molecule has 0 atom stereocenters. The SMILES string of the molecule is C[N+](C)(Cc1ccccc1)Cc1ccc(-c2ccc(C[N+](C)(C)Cc3ccccc3)cc2)cc1.[Cl-].[Cl-]. The monoisotopic (exact) mass is 520 g/mol. The Labute approximate surface area is 230 Å². The molecule has 0 amide bonds. The Morgan fingerprint density at radius 3 is 0.889 bits per heavy atom. The highest BCUT2D eigenvalue weighted by Crippen LogP contribution is 2.23. The van der Waals surface area contributed by atoms with Gasteiger partial charge in [-0.3, -0.25) is 0 Å². The molecule has 0 saturated heterocycles. The minimum Gasteiger partial charge on any atom is -1.00 e. The van der Waals surface area contributed by atoms with Crippen LogP contribution in [0, 0.1) is 0 Å². The van der Waals surface area contributed by atoms with E-state index in [1.165, 1.54) is 33.4 Å². The summed E-state index contributed by atoms with van der Waals surface area (Å²) < 4.78 is 1.88. The number of quaternary nitrogens is 2. The summed E-state index contributed by atoms with van der Waals surface area (Å²) in [5.74, 6) is 0. The van der Waals surface area contributed by atoms with Crippen LogP contribution >= 0.6 is 0 Å². The second kappa shape index (κ2) is 13.1. The van der Waals surface area contributed by atoms with Crippen molar-refractivity contribution in [2.45, 2.75) is 26.2 Å². The summed E-state index contributed by atoms with van der Waals surface area (Å²) in [5.41, 5.74) is 8.08. The molecule has 4 heteroatoms. The predicted octanol–water partition coefficient (Wildman–Crippen LogP) is 0.915. The maximum Gasteiger partial charge on any atom is 0.104 e. The molecule has 4 rings (SSSR count). The molecule has 4 aromatic rings. The highest BCUT2D eigenvalue weighted by molar-refractivity contribution is 5.63. The topological polar surface area (TPSA) is 0 Å². The minimum absolute atomic E-state index is 0. The van der Waals surface area contributed by atoms with Crippen molar-refractivity contribution in [3.63, 3.8) is 0 Å². The van der Waals surface area contributed by atoms with Crippen LogP contribution in [0.5, 0.6) is 0 Å². The van der Waals surface area contributed by atoms with Crippen LogP contribution in [0.2, 0.25) is 0 Å². The normalized spacial score (nSPS) is 11.3. The Morgan fingerprint density at radius 2 is 0.611 bits per heavy atom. The zero-order valence-electron chi connectivity index (χ0n) is 21.9. The van der Waals surface area contributed by atoms with Crippen molar-refractivity contribution in [2.75, 3.05) is 28.2 Å². The summed E-state index contributed by atoms with van der Waals surface area (Å²) in [4.78, 5) is 0. The van der Waals surface area contributed by atoms with Crippen molar-refractivity contribution in [3.05, 3.63) is 131 Å². The van der Waals surface area contributed by atoms with Crippen molar-refractivity contribution < 1.29 is 33.8 Å². The standard InChI is InChI=1S/C32H38N2.2ClH/c1-33(2,23-27-11-7-5-8-12-27)25-29-15-19-31(20-16-29)32-21-17-30(18-22-32)26-34(3,4)24-28-13-9-6-10-14-28;;/h5-22H,23-26H2,1-4H3;2*1H/q+2;;/p-2. The molecule has 0 spiro atoms. The van der Waals surface area contributed by atoms with Crippen LogP contribution < -0.4 is 24.8 Å². The molecule has 0 saturated carbocycles. The first-order valence-corrected chi connectivity index (χ1v) is 12.2. The highest BCUT2D eigenvalue weighted by atomic mass is 35.5. The largest absolute Gasteiger partial charge is 1.00 e. The van der Waals surface area contributed by atoms with Gasteiger partial charge in [-0.05, 0) is 11.1 Å². The van der Waals surface area contributed by atoms with Gasteiger partial charge in [-0.25, -0.2) is 0 Å². The summed E-state index contributed by atoms with van der Waals surface area (Å²) in [6.45, 7) is 4.09. The van der Waals surface area contributed by atoms with Gasteiger partial charge in [-0.15, -0.1) is 0 Å². The van der Waals surface area contributed by atoms with Crippen LogP contribution in [0.25, 0.3) is 11.1 Å². The van der Waals surface area contributed by atoms with Crippen molar-refractivity contribution >= 4 is 0 Å². The van der Waals surface area contributed by atoms with E-state index in [0.29, 0.717) is 0 Å². The molecule has 0 aliphatic rings. The summed E-state index contributed by atoms with van der Waals surface area (Å²) in [6.07, 6.45) is 0. The Kier molecular flexibility index (Phi) is 10.8. The molecule has 0 radical (unpaired) electrons. The quantitative estimate of drug-likeness (QED) is 0.288. The van der Waals surface area contributed by atoms with E-state index in [-0.39, 0.29) is 24.8 Å². The molecule has 0 N–H and O–H groups in total. The molecule has 36 heavy (non-hydrogen) atoms. The van der Waals surface area contributed by atoms with E-state index >= 15 is 0 Å². The second-order valence-corrected chi connectivity index (χ2v) is 10.9. The summed E-state index contributed by atoms with van der Waals surface area (Å²) in [7, 11) is 9.21. The summed E-state index contributed by atoms with van der Waals surface area (Å²) in [6, 6.07) is 39.7. The van der Waals surface area contributed by atoms with Gasteiger partial charge in [0, 0.05) is 22.3 Å². The molecule has 0 fully saturated rings.